The summed E-state index contributed by atoms with van der Waals surface area (Å²) >= 11 is 0. The Balaban J connectivity index is 1.99. The van der Waals surface area contributed by atoms with Gasteiger partial charge in [0.25, 0.3) is 0 Å². The molecule has 1 aliphatic carbocycles. The Labute approximate surface area is 126 Å². The monoisotopic (exact) mass is 288 g/mol. The van der Waals surface area contributed by atoms with Crippen molar-refractivity contribution in [1.29, 1.82) is 0 Å². The molecule has 4 nitrogen and oxygen atoms in total. The Bertz CT molecular complexity index is 548. The summed E-state index contributed by atoms with van der Waals surface area (Å²) in [5.74, 6) is -0.308. The molecule has 0 unspecified atom stereocenters. The average Bonchev–Trinajstić information content (AvgIpc) is 3.25. The maximum atomic E-state index is 12.4. The summed E-state index contributed by atoms with van der Waals surface area (Å²) in [4.78, 5) is 24.6. The third-order valence-corrected chi connectivity index (χ3v) is 4.20. The van der Waals surface area contributed by atoms with Crippen molar-refractivity contribution in [2.45, 2.75) is 46.5 Å². The standard InChI is InChI=1S/C17H24N2O2/c1-4-5-10-18-15(20)17(8-9-17)16(21)19-14-7-6-12(2)13(3)11-14/h6-7,11H,4-5,8-10H2,1-3H3,(H,18,20)(H,19,21). The van der Waals surface area contributed by atoms with Crippen molar-refractivity contribution in [1.82, 2.24) is 5.32 Å². The van der Waals surface area contributed by atoms with Crippen LogP contribution in [0.4, 0.5) is 5.69 Å². The van der Waals surface area contributed by atoms with Crippen LogP contribution in [0, 0.1) is 19.3 Å². The molecule has 0 spiro atoms. The second-order valence-electron chi connectivity index (χ2n) is 5.94. The minimum absolute atomic E-state index is 0.128. The Kier molecular flexibility index (Phi) is 4.66. The smallest absolute Gasteiger partial charge is 0.240 e. The van der Waals surface area contributed by atoms with E-state index in [0.717, 1.165) is 24.1 Å². The molecule has 2 amide bonds. The van der Waals surface area contributed by atoms with Crippen LogP contribution < -0.4 is 10.6 Å². The van der Waals surface area contributed by atoms with Crippen LogP contribution in [0.3, 0.4) is 0 Å². The highest BCUT2D eigenvalue weighted by molar-refractivity contribution is 6.13. The maximum Gasteiger partial charge on any atom is 0.240 e. The summed E-state index contributed by atoms with van der Waals surface area (Å²) in [6.45, 7) is 6.76. The number of carbonyl (C=O) groups excluding carboxylic acids is 2. The van der Waals surface area contributed by atoms with Gasteiger partial charge in [0, 0.05) is 12.2 Å². The van der Waals surface area contributed by atoms with E-state index < -0.39 is 5.41 Å². The normalized spacial score (nSPS) is 15.4. The van der Waals surface area contributed by atoms with E-state index in [0.29, 0.717) is 19.4 Å². The van der Waals surface area contributed by atoms with Crippen LogP contribution in [0.2, 0.25) is 0 Å². The van der Waals surface area contributed by atoms with E-state index in [1.807, 2.05) is 32.0 Å². The van der Waals surface area contributed by atoms with Crippen molar-refractivity contribution in [2.24, 2.45) is 5.41 Å². The van der Waals surface area contributed by atoms with Gasteiger partial charge in [0.15, 0.2) is 0 Å². The van der Waals surface area contributed by atoms with E-state index in [4.69, 9.17) is 0 Å². The molecular formula is C17H24N2O2. The Morgan fingerprint density at radius 3 is 2.43 bits per heavy atom. The van der Waals surface area contributed by atoms with Crippen LogP contribution in [-0.4, -0.2) is 18.4 Å². The van der Waals surface area contributed by atoms with Crippen molar-refractivity contribution in [2.75, 3.05) is 11.9 Å². The molecule has 0 radical (unpaired) electrons. The number of anilines is 1. The quantitative estimate of drug-likeness (QED) is 0.624. The lowest BCUT2D eigenvalue weighted by molar-refractivity contribution is -0.134. The average molecular weight is 288 g/mol. The van der Waals surface area contributed by atoms with E-state index in [9.17, 15) is 9.59 Å². The van der Waals surface area contributed by atoms with E-state index in [1.54, 1.807) is 0 Å². The van der Waals surface area contributed by atoms with Gasteiger partial charge >= 0.3 is 0 Å². The largest absolute Gasteiger partial charge is 0.355 e. The Hall–Kier alpha value is -1.84. The van der Waals surface area contributed by atoms with E-state index >= 15 is 0 Å². The molecule has 114 valence electrons. The first kappa shape index (κ1) is 15.5. The highest BCUT2D eigenvalue weighted by Gasteiger charge is 2.56. The molecule has 0 aliphatic heterocycles. The summed E-state index contributed by atoms with van der Waals surface area (Å²) in [5, 5.41) is 5.76. The van der Waals surface area contributed by atoms with Gasteiger partial charge in [0.2, 0.25) is 11.8 Å². The molecule has 1 fully saturated rings. The van der Waals surface area contributed by atoms with Gasteiger partial charge in [-0.15, -0.1) is 0 Å². The van der Waals surface area contributed by atoms with Crippen molar-refractivity contribution in [3.05, 3.63) is 29.3 Å². The minimum atomic E-state index is -0.841. The molecular weight excluding hydrogens is 264 g/mol. The number of rotatable bonds is 6. The second kappa shape index (κ2) is 6.29. The van der Waals surface area contributed by atoms with E-state index in [-0.39, 0.29) is 11.8 Å². The fraction of sp³-hybridized carbons (Fsp3) is 0.529. The third-order valence-electron chi connectivity index (χ3n) is 4.20. The second-order valence-corrected chi connectivity index (χ2v) is 5.94. The van der Waals surface area contributed by atoms with Gasteiger partial charge in [-0.05, 0) is 56.4 Å². The van der Waals surface area contributed by atoms with Gasteiger partial charge in [-0.25, -0.2) is 0 Å². The molecule has 0 atom stereocenters. The maximum absolute atomic E-state index is 12.4. The fourth-order valence-electron chi connectivity index (χ4n) is 2.30. The summed E-state index contributed by atoms with van der Waals surface area (Å²) in [6, 6.07) is 5.80. The van der Waals surface area contributed by atoms with Crippen LogP contribution in [-0.2, 0) is 9.59 Å². The van der Waals surface area contributed by atoms with Gasteiger partial charge in [-0.2, -0.15) is 0 Å². The van der Waals surface area contributed by atoms with Crippen molar-refractivity contribution in [3.63, 3.8) is 0 Å². The lowest BCUT2D eigenvalue weighted by atomic mass is 10.0. The molecule has 2 N–H and O–H groups in total. The number of unbranched alkanes of at least 4 members (excludes halogenated alkanes) is 1. The van der Waals surface area contributed by atoms with Gasteiger partial charge in [0.05, 0.1) is 0 Å². The summed E-state index contributed by atoms with van der Waals surface area (Å²) in [7, 11) is 0. The third kappa shape index (κ3) is 3.43. The summed E-state index contributed by atoms with van der Waals surface area (Å²) < 4.78 is 0. The molecule has 0 saturated heterocycles. The van der Waals surface area contributed by atoms with Crippen LogP contribution in [0.1, 0.15) is 43.7 Å². The topological polar surface area (TPSA) is 58.2 Å². The van der Waals surface area contributed by atoms with Crippen LogP contribution in [0.15, 0.2) is 18.2 Å². The molecule has 4 heteroatoms. The predicted molar refractivity (Wildman–Crippen MR) is 84.1 cm³/mol. The summed E-state index contributed by atoms with van der Waals surface area (Å²) in [6.07, 6.45) is 3.26. The molecule has 0 bridgehead atoms. The van der Waals surface area contributed by atoms with Crippen LogP contribution in [0.25, 0.3) is 0 Å². The Morgan fingerprint density at radius 1 is 1.14 bits per heavy atom. The molecule has 2 rings (SSSR count). The minimum Gasteiger partial charge on any atom is -0.355 e. The molecule has 1 aromatic carbocycles. The number of amides is 2. The molecule has 1 saturated carbocycles. The van der Waals surface area contributed by atoms with E-state index in [2.05, 4.69) is 17.6 Å². The van der Waals surface area contributed by atoms with E-state index in [1.165, 1.54) is 5.56 Å². The number of nitrogens with one attached hydrogen (secondary N) is 2. The lowest BCUT2D eigenvalue weighted by Gasteiger charge is -2.16. The SMILES string of the molecule is CCCCNC(=O)C1(C(=O)Nc2ccc(C)c(C)c2)CC1. The zero-order chi connectivity index (χ0) is 15.5. The van der Waals surface area contributed by atoms with Crippen molar-refractivity contribution >= 4 is 17.5 Å². The number of carbonyl (C=O) groups is 2. The fourth-order valence-corrected chi connectivity index (χ4v) is 2.30. The lowest BCUT2D eigenvalue weighted by Crippen LogP contribution is -2.40. The highest BCUT2D eigenvalue weighted by atomic mass is 16.2. The van der Waals surface area contributed by atoms with Gasteiger partial charge in [-0.1, -0.05) is 19.4 Å². The molecule has 21 heavy (non-hydrogen) atoms. The number of hydrogen-bond acceptors (Lipinski definition) is 2. The summed E-state index contributed by atoms with van der Waals surface area (Å²) in [5.41, 5.74) is 2.24. The first-order chi connectivity index (χ1) is 9.99. The molecule has 0 heterocycles. The zero-order valence-electron chi connectivity index (χ0n) is 13.1. The predicted octanol–water partition coefficient (Wildman–Crippen LogP) is 2.94. The number of aryl methyl sites for hydroxylation is 2. The number of benzene rings is 1. The van der Waals surface area contributed by atoms with Gasteiger partial charge in [-0.3, -0.25) is 9.59 Å². The Morgan fingerprint density at radius 2 is 1.86 bits per heavy atom. The molecule has 0 aromatic heterocycles. The van der Waals surface area contributed by atoms with Crippen molar-refractivity contribution in [3.8, 4) is 0 Å². The van der Waals surface area contributed by atoms with Crippen molar-refractivity contribution < 1.29 is 9.59 Å². The van der Waals surface area contributed by atoms with Gasteiger partial charge < -0.3 is 10.6 Å². The van der Waals surface area contributed by atoms with Crippen LogP contribution >= 0.6 is 0 Å². The van der Waals surface area contributed by atoms with Gasteiger partial charge in [0.1, 0.15) is 5.41 Å². The van der Waals surface area contributed by atoms with Crippen LogP contribution in [0.5, 0.6) is 0 Å². The molecule has 1 aliphatic rings. The first-order valence-corrected chi connectivity index (χ1v) is 7.66. The highest BCUT2D eigenvalue weighted by Crippen LogP contribution is 2.46. The first-order valence-electron chi connectivity index (χ1n) is 7.66. The zero-order valence-corrected chi connectivity index (χ0v) is 13.1. The number of hydrogen-bond donors (Lipinski definition) is 2. The molecule has 1 aromatic rings.